The van der Waals surface area contributed by atoms with Gasteiger partial charge in [-0.15, -0.1) is 11.3 Å². The molecule has 17 heavy (non-hydrogen) atoms. The standard InChI is InChI=1S/C14H19NOS/c16-13(4-3-11-2-1-9-17-11)12-10-14(12)5-7-15-8-6-14/h1-2,9,12,15H,3-8,10H2. The van der Waals surface area contributed by atoms with Crippen LogP contribution in [0, 0.1) is 11.3 Å². The van der Waals surface area contributed by atoms with Crippen LogP contribution in [-0.4, -0.2) is 18.9 Å². The van der Waals surface area contributed by atoms with Crippen LogP contribution in [0.3, 0.4) is 0 Å². The number of rotatable bonds is 4. The molecule has 92 valence electrons. The van der Waals surface area contributed by atoms with Gasteiger partial charge in [-0.25, -0.2) is 0 Å². The predicted octanol–water partition coefficient (Wildman–Crippen LogP) is 2.64. The lowest BCUT2D eigenvalue weighted by molar-refractivity contribution is -0.121. The summed E-state index contributed by atoms with van der Waals surface area (Å²) in [5.74, 6) is 0.907. The molecule has 0 aromatic carbocycles. The second-order valence-corrected chi connectivity index (χ2v) is 6.45. The van der Waals surface area contributed by atoms with Gasteiger partial charge >= 0.3 is 0 Å². The van der Waals surface area contributed by atoms with Crippen molar-refractivity contribution in [3.8, 4) is 0 Å². The molecule has 1 aromatic heterocycles. The van der Waals surface area contributed by atoms with Gasteiger partial charge < -0.3 is 5.32 Å². The van der Waals surface area contributed by atoms with Crippen molar-refractivity contribution in [2.75, 3.05) is 13.1 Å². The Morgan fingerprint density at radius 1 is 1.47 bits per heavy atom. The smallest absolute Gasteiger partial charge is 0.136 e. The minimum atomic E-state index is 0.393. The number of ketones is 1. The number of carbonyl (C=O) groups is 1. The van der Waals surface area contributed by atoms with E-state index in [1.54, 1.807) is 11.3 Å². The van der Waals surface area contributed by atoms with Gasteiger partial charge in [0, 0.05) is 17.2 Å². The molecule has 2 fully saturated rings. The van der Waals surface area contributed by atoms with Gasteiger partial charge in [-0.05, 0) is 55.6 Å². The van der Waals surface area contributed by atoms with E-state index < -0.39 is 0 Å². The van der Waals surface area contributed by atoms with Crippen LogP contribution >= 0.6 is 11.3 Å². The summed E-state index contributed by atoms with van der Waals surface area (Å²) in [6.07, 6.45) is 5.28. The molecule has 1 saturated carbocycles. The van der Waals surface area contributed by atoms with Crippen molar-refractivity contribution in [1.82, 2.24) is 5.32 Å². The van der Waals surface area contributed by atoms with Gasteiger partial charge in [0.05, 0.1) is 0 Å². The van der Waals surface area contributed by atoms with Crippen LogP contribution in [0.15, 0.2) is 17.5 Å². The van der Waals surface area contributed by atoms with Crippen molar-refractivity contribution in [1.29, 1.82) is 0 Å². The topological polar surface area (TPSA) is 29.1 Å². The van der Waals surface area contributed by atoms with E-state index in [2.05, 4.69) is 22.8 Å². The summed E-state index contributed by atoms with van der Waals surface area (Å²) in [6, 6.07) is 4.20. The fourth-order valence-electron chi connectivity index (χ4n) is 3.16. The lowest BCUT2D eigenvalue weighted by Crippen LogP contribution is -2.30. The quantitative estimate of drug-likeness (QED) is 0.889. The number of nitrogens with one attached hydrogen (secondary N) is 1. The zero-order chi connectivity index (χ0) is 11.7. The Kier molecular flexibility index (Phi) is 3.05. The van der Waals surface area contributed by atoms with Gasteiger partial charge in [0.2, 0.25) is 0 Å². The third-order valence-electron chi connectivity index (χ3n) is 4.38. The van der Waals surface area contributed by atoms with Crippen LogP contribution in [0.5, 0.6) is 0 Å². The highest BCUT2D eigenvalue weighted by molar-refractivity contribution is 7.09. The predicted molar refractivity (Wildman–Crippen MR) is 70.3 cm³/mol. The van der Waals surface area contributed by atoms with Crippen LogP contribution in [0.2, 0.25) is 0 Å². The van der Waals surface area contributed by atoms with Crippen LogP contribution in [0.1, 0.15) is 30.6 Å². The van der Waals surface area contributed by atoms with Crippen LogP contribution < -0.4 is 5.32 Å². The zero-order valence-corrected chi connectivity index (χ0v) is 10.9. The van der Waals surface area contributed by atoms with Gasteiger partial charge in [0.1, 0.15) is 5.78 Å². The number of hydrogen-bond acceptors (Lipinski definition) is 3. The monoisotopic (exact) mass is 249 g/mol. The highest BCUT2D eigenvalue weighted by atomic mass is 32.1. The summed E-state index contributed by atoms with van der Waals surface area (Å²) < 4.78 is 0. The van der Waals surface area contributed by atoms with Gasteiger partial charge in [0.25, 0.3) is 0 Å². The molecule has 2 heterocycles. The lowest BCUT2D eigenvalue weighted by atomic mass is 9.90. The van der Waals surface area contributed by atoms with Crippen LogP contribution in [0.25, 0.3) is 0 Å². The molecule has 0 radical (unpaired) electrons. The van der Waals surface area contributed by atoms with E-state index in [0.717, 1.165) is 32.4 Å². The first kappa shape index (κ1) is 11.4. The van der Waals surface area contributed by atoms with Crippen molar-refractivity contribution in [3.05, 3.63) is 22.4 Å². The first-order valence-corrected chi connectivity index (χ1v) is 7.44. The maximum atomic E-state index is 12.2. The van der Waals surface area contributed by atoms with Crippen molar-refractivity contribution < 1.29 is 4.79 Å². The summed E-state index contributed by atoms with van der Waals surface area (Å²) >= 11 is 1.76. The van der Waals surface area contributed by atoms with Crippen molar-refractivity contribution in [3.63, 3.8) is 0 Å². The third kappa shape index (κ3) is 2.31. The van der Waals surface area contributed by atoms with E-state index in [1.807, 2.05) is 0 Å². The molecule has 1 N–H and O–H groups in total. The molecule has 1 atom stereocenters. The third-order valence-corrected chi connectivity index (χ3v) is 5.31. The van der Waals surface area contributed by atoms with E-state index in [9.17, 15) is 4.79 Å². The van der Waals surface area contributed by atoms with Crippen molar-refractivity contribution in [2.45, 2.75) is 32.1 Å². The summed E-state index contributed by atoms with van der Waals surface area (Å²) in [7, 11) is 0. The van der Waals surface area contributed by atoms with Gasteiger partial charge in [-0.2, -0.15) is 0 Å². The Morgan fingerprint density at radius 2 is 2.29 bits per heavy atom. The molecule has 1 spiro atoms. The Labute approximate surface area is 106 Å². The number of aryl methyl sites for hydroxylation is 1. The fourth-order valence-corrected chi connectivity index (χ4v) is 3.86. The molecule has 0 bridgehead atoms. The van der Waals surface area contributed by atoms with E-state index in [1.165, 1.54) is 17.7 Å². The zero-order valence-electron chi connectivity index (χ0n) is 10.1. The van der Waals surface area contributed by atoms with E-state index in [4.69, 9.17) is 0 Å². The molecule has 3 rings (SSSR count). The largest absolute Gasteiger partial charge is 0.317 e. The molecule has 1 unspecified atom stereocenters. The normalized spacial score (nSPS) is 26.0. The van der Waals surface area contributed by atoms with Crippen LogP contribution in [0.4, 0.5) is 0 Å². The molecule has 3 heteroatoms. The first-order chi connectivity index (χ1) is 8.30. The number of piperidine rings is 1. The minimum absolute atomic E-state index is 0.393. The number of hydrogen-bond donors (Lipinski definition) is 1. The maximum Gasteiger partial charge on any atom is 0.136 e. The fraction of sp³-hybridized carbons (Fsp3) is 0.643. The van der Waals surface area contributed by atoms with E-state index in [-0.39, 0.29) is 0 Å². The SMILES string of the molecule is O=C(CCc1cccs1)C1CC12CCNCC2. The Bertz CT molecular complexity index is 392. The first-order valence-electron chi connectivity index (χ1n) is 6.56. The number of thiophene rings is 1. The summed E-state index contributed by atoms with van der Waals surface area (Å²) in [5.41, 5.74) is 0.414. The molecule has 1 aromatic rings. The molecular weight excluding hydrogens is 230 g/mol. The average molecular weight is 249 g/mol. The lowest BCUT2D eigenvalue weighted by Gasteiger charge is -2.23. The molecule has 1 aliphatic heterocycles. The minimum Gasteiger partial charge on any atom is -0.317 e. The Hall–Kier alpha value is -0.670. The van der Waals surface area contributed by atoms with Crippen LogP contribution in [-0.2, 0) is 11.2 Å². The summed E-state index contributed by atoms with van der Waals surface area (Å²) in [4.78, 5) is 13.5. The van der Waals surface area contributed by atoms with Gasteiger partial charge in [0.15, 0.2) is 0 Å². The molecular formula is C14H19NOS. The summed E-state index contributed by atoms with van der Waals surface area (Å²) in [6.45, 7) is 2.21. The summed E-state index contributed by atoms with van der Waals surface area (Å²) in [5, 5.41) is 5.47. The van der Waals surface area contributed by atoms with Crippen molar-refractivity contribution in [2.24, 2.45) is 11.3 Å². The van der Waals surface area contributed by atoms with Gasteiger partial charge in [-0.3, -0.25) is 4.79 Å². The highest BCUT2D eigenvalue weighted by Crippen LogP contribution is 2.59. The number of carbonyl (C=O) groups excluding carboxylic acids is 1. The van der Waals surface area contributed by atoms with Gasteiger partial charge in [-0.1, -0.05) is 6.07 Å². The second kappa shape index (κ2) is 4.54. The van der Waals surface area contributed by atoms with Crippen molar-refractivity contribution >= 4 is 17.1 Å². The molecule has 2 aliphatic rings. The molecule has 1 saturated heterocycles. The Morgan fingerprint density at radius 3 is 3.00 bits per heavy atom. The average Bonchev–Trinajstić information content (AvgIpc) is 2.82. The number of Topliss-reactive ketones (excluding diaryl/α,β-unsaturated/α-hetero) is 1. The molecule has 0 amide bonds. The molecule has 2 nitrogen and oxygen atoms in total. The highest BCUT2D eigenvalue weighted by Gasteiger charge is 2.56. The second-order valence-electron chi connectivity index (χ2n) is 5.41. The van der Waals surface area contributed by atoms with E-state index >= 15 is 0 Å². The molecule has 1 aliphatic carbocycles. The maximum absolute atomic E-state index is 12.2. The Balaban J connectivity index is 1.51. The van der Waals surface area contributed by atoms with E-state index in [0.29, 0.717) is 17.1 Å².